The molecule has 3 aromatic rings. The minimum absolute atomic E-state index is 0.102. The lowest BCUT2D eigenvalue weighted by Gasteiger charge is -2.23. The molecule has 1 aliphatic heterocycles. The zero-order chi connectivity index (χ0) is 21.6. The number of rotatable bonds is 8. The van der Waals surface area contributed by atoms with Crippen LogP contribution in [0.4, 0.5) is 10.1 Å². The highest BCUT2D eigenvalue weighted by molar-refractivity contribution is 5.92. The minimum atomic E-state index is -0.283. The first kappa shape index (κ1) is 20.9. The van der Waals surface area contributed by atoms with Gasteiger partial charge < -0.3 is 19.5 Å². The first-order valence-corrected chi connectivity index (χ1v) is 10.3. The lowest BCUT2D eigenvalue weighted by molar-refractivity contribution is 0.0215. The molecular weight excluding hydrogens is 393 g/mol. The van der Waals surface area contributed by atoms with Crippen molar-refractivity contribution < 1.29 is 18.6 Å². The summed E-state index contributed by atoms with van der Waals surface area (Å²) < 4.78 is 31.6. The zero-order valence-corrected chi connectivity index (χ0v) is 17.7. The maximum absolute atomic E-state index is 14.6. The molecule has 1 heterocycles. The van der Waals surface area contributed by atoms with Crippen LogP contribution in [0.5, 0.6) is 11.5 Å². The summed E-state index contributed by atoms with van der Waals surface area (Å²) in [6.07, 6.45) is 1.78. The van der Waals surface area contributed by atoms with Gasteiger partial charge in [-0.15, -0.1) is 0 Å². The number of nitrogens with one attached hydrogen (secondary N) is 1. The fourth-order valence-electron chi connectivity index (χ4n) is 3.49. The number of anilines is 1. The van der Waals surface area contributed by atoms with Crippen LogP contribution >= 0.6 is 0 Å². The Labute approximate surface area is 182 Å². The molecule has 0 aliphatic carbocycles. The first-order chi connectivity index (χ1) is 15.1. The lowest BCUT2D eigenvalue weighted by atomic mass is 9.97. The molecule has 0 aromatic heterocycles. The highest BCUT2D eigenvalue weighted by Gasteiger charge is 2.19. The lowest BCUT2D eigenvalue weighted by Crippen LogP contribution is -2.19. The molecule has 0 fully saturated rings. The van der Waals surface area contributed by atoms with Crippen molar-refractivity contribution in [2.24, 2.45) is 0 Å². The second kappa shape index (κ2) is 9.67. The fraction of sp³-hybridized carbons (Fsp3) is 0.231. The molecule has 4 rings (SSSR count). The van der Waals surface area contributed by atoms with Crippen LogP contribution in [0, 0.1) is 5.82 Å². The molecule has 1 aliphatic rings. The maximum Gasteiger partial charge on any atom is 0.143 e. The van der Waals surface area contributed by atoms with Gasteiger partial charge in [0.25, 0.3) is 0 Å². The van der Waals surface area contributed by atoms with Crippen molar-refractivity contribution in [1.82, 2.24) is 0 Å². The second-order valence-electron chi connectivity index (χ2n) is 7.50. The van der Waals surface area contributed by atoms with Crippen molar-refractivity contribution in [3.05, 3.63) is 89.2 Å². The highest BCUT2D eigenvalue weighted by atomic mass is 19.1. The van der Waals surface area contributed by atoms with Crippen LogP contribution in [0.25, 0.3) is 11.6 Å². The van der Waals surface area contributed by atoms with E-state index in [1.54, 1.807) is 13.2 Å². The number of hydrogen-bond acceptors (Lipinski definition) is 4. The molecule has 1 atom stereocenters. The average molecular weight is 419 g/mol. The Morgan fingerprint density at radius 3 is 2.52 bits per heavy atom. The molecule has 0 amide bonds. The van der Waals surface area contributed by atoms with E-state index in [9.17, 15) is 4.39 Å². The number of ether oxygens (including phenoxy) is 3. The maximum atomic E-state index is 14.6. The molecule has 5 heteroatoms. The monoisotopic (exact) mass is 419 g/mol. The Kier molecular flexibility index (Phi) is 6.53. The van der Waals surface area contributed by atoms with E-state index in [1.165, 1.54) is 6.07 Å². The van der Waals surface area contributed by atoms with E-state index in [0.717, 1.165) is 22.4 Å². The molecule has 160 valence electrons. The molecule has 0 bridgehead atoms. The van der Waals surface area contributed by atoms with Crippen LogP contribution in [0.2, 0.25) is 0 Å². The summed E-state index contributed by atoms with van der Waals surface area (Å²) in [5.74, 6) is 1.13. The number of hydrogen-bond donors (Lipinski definition) is 1. The van der Waals surface area contributed by atoms with Gasteiger partial charge >= 0.3 is 0 Å². The highest BCUT2D eigenvalue weighted by Crippen LogP contribution is 2.37. The van der Waals surface area contributed by atoms with Crippen LogP contribution in [-0.2, 0) is 11.3 Å². The van der Waals surface area contributed by atoms with Crippen molar-refractivity contribution in [2.45, 2.75) is 19.6 Å². The van der Waals surface area contributed by atoms with Gasteiger partial charge in [-0.2, -0.15) is 0 Å². The average Bonchev–Trinajstić information content (AvgIpc) is 2.83. The molecule has 0 radical (unpaired) electrons. The van der Waals surface area contributed by atoms with E-state index in [1.807, 2.05) is 67.6 Å². The topological polar surface area (TPSA) is 39.7 Å². The SMILES string of the molecule is COc1ccc(C2=Cc3c(F)ccc(OCC(C)OCc4ccccc4)c3NC2)cc1. The molecule has 0 spiro atoms. The van der Waals surface area contributed by atoms with E-state index in [-0.39, 0.29) is 11.9 Å². The summed E-state index contributed by atoms with van der Waals surface area (Å²) in [5.41, 5.74) is 4.32. The van der Waals surface area contributed by atoms with E-state index in [4.69, 9.17) is 14.2 Å². The van der Waals surface area contributed by atoms with E-state index in [2.05, 4.69) is 5.32 Å². The zero-order valence-electron chi connectivity index (χ0n) is 17.7. The fourth-order valence-corrected chi connectivity index (χ4v) is 3.49. The second-order valence-corrected chi connectivity index (χ2v) is 7.50. The van der Waals surface area contributed by atoms with Crippen LogP contribution in [0.15, 0.2) is 66.7 Å². The largest absolute Gasteiger partial charge is 0.497 e. The summed E-state index contributed by atoms with van der Waals surface area (Å²) in [6.45, 7) is 3.45. The standard InChI is InChI=1S/C26H26FNO3/c1-18(30-17-19-6-4-3-5-7-19)16-31-25-13-12-24(27)23-14-21(15-28-26(23)25)20-8-10-22(29-2)11-9-20/h3-14,18,28H,15-17H2,1-2H3. The molecule has 0 saturated heterocycles. The minimum Gasteiger partial charge on any atom is -0.497 e. The molecule has 31 heavy (non-hydrogen) atoms. The van der Waals surface area contributed by atoms with Crippen molar-refractivity contribution in [3.8, 4) is 11.5 Å². The molecule has 1 N–H and O–H groups in total. The molecule has 0 saturated carbocycles. The van der Waals surface area contributed by atoms with Gasteiger partial charge in [0.05, 0.1) is 25.5 Å². The summed E-state index contributed by atoms with van der Waals surface area (Å²) in [6, 6.07) is 20.9. The summed E-state index contributed by atoms with van der Waals surface area (Å²) in [5, 5.41) is 3.33. The smallest absolute Gasteiger partial charge is 0.143 e. The van der Waals surface area contributed by atoms with Crippen molar-refractivity contribution in [3.63, 3.8) is 0 Å². The van der Waals surface area contributed by atoms with Gasteiger partial charge in [-0.25, -0.2) is 4.39 Å². The summed E-state index contributed by atoms with van der Waals surface area (Å²) >= 11 is 0. The Morgan fingerprint density at radius 2 is 1.77 bits per heavy atom. The summed E-state index contributed by atoms with van der Waals surface area (Å²) in [7, 11) is 1.64. The van der Waals surface area contributed by atoms with Gasteiger partial charge in [-0.3, -0.25) is 0 Å². The first-order valence-electron chi connectivity index (χ1n) is 10.3. The summed E-state index contributed by atoms with van der Waals surface area (Å²) in [4.78, 5) is 0. The third-order valence-corrected chi connectivity index (χ3v) is 5.24. The van der Waals surface area contributed by atoms with Gasteiger partial charge in [0.2, 0.25) is 0 Å². The van der Waals surface area contributed by atoms with Gasteiger partial charge in [0.1, 0.15) is 23.9 Å². The van der Waals surface area contributed by atoms with E-state index < -0.39 is 0 Å². The van der Waals surface area contributed by atoms with Crippen LogP contribution in [-0.4, -0.2) is 26.4 Å². The Morgan fingerprint density at radius 1 is 1.00 bits per heavy atom. The van der Waals surface area contributed by atoms with Gasteiger partial charge in [-0.05, 0) is 54.0 Å². The van der Waals surface area contributed by atoms with Gasteiger partial charge in [-0.1, -0.05) is 42.5 Å². The van der Waals surface area contributed by atoms with E-state index in [0.29, 0.717) is 36.8 Å². The van der Waals surface area contributed by atoms with Crippen molar-refractivity contribution in [1.29, 1.82) is 0 Å². The quantitative estimate of drug-likeness (QED) is 0.502. The van der Waals surface area contributed by atoms with Crippen molar-refractivity contribution >= 4 is 17.3 Å². The van der Waals surface area contributed by atoms with Gasteiger partial charge in [0, 0.05) is 12.1 Å². The number of benzene rings is 3. The van der Waals surface area contributed by atoms with Crippen LogP contribution in [0.3, 0.4) is 0 Å². The number of fused-ring (bicyclic) bond motifs is 1. The third kappa shape index (κ3) is 5.06. The molecular formula is C26H26FNO3. The number of methoxy groups -OCH3 is 1. The molecule has 3 aromatic carbocycles. The number of halogens is 1. The Bertz CT molecular complexity index is 1050. The Hall–Kier alpha value is -3.31. The Balaban J connectivity index is 1.44. The van der Waals surface area contributed by atoms with Crippen LogP contribution < -0.4 is 14.8 Å². The molecule has 1 unspecified atom stereocenters. The van der Waals surface area contributed by atoms with E-state index >= 15 is 0 Å². The predicted octanol–water partition coefficient (Wildman–Crippen LogP) is 5.78. The van der Waals surface area contributed by atoms with Crippen LogP contribution in [0.1, 0.15) is 23.6 Å². The predicted molar refractivity (Wildman–Crippen MR) is 122 cm³/mol. The van der Waals surface area contributed by atoms with Crippen molar-refractivity contribution in [2.75, 3.05) is 25.6 Å². The normalized spacial score (nSPS) is 13.6. The molecule has 4 nitrogen and oxygen atoms in total. The third-order valence-electron chi connectivity index (χ3n) is 5.24. The van der Waals surface area contributed by atoms with Gasteiger partial charge in [0.15, 0.2) is 0 Å².